The lowest BCUT2D eigenvalue weighted by molar-refractivity contribution is -0.137. The van der Waals surface area contributed by atoms with Crippen LogP contribution in [0.3, 0.4) is 0 Å². The van der Waals surface area contributed by atoms with Gasteiger partial charge < -0.3 is 14.6 Å². The molecule has 4 rings (SSSR count). The van der Waals surface area contributed by atoms with Crippen molar-refractivity contribution in [3.8, 4) is 17.0 Å². The van der Waals surface area contributed by atoms with Crippen molar-refractivity contribution in [3.63, 3.8) is 0 Å². The van der Waals surface area contributed by atoms with Gasteiger partial charge in [-0.2, -0.15) is 13.2 Å². The van der Waals surface area contributed by atoms with Gasteiger partial charge in [-0.1, -0.05) is 11.6 Å². The fourth-order valence-electron chi connectivity index (χ4n) is 4.04. The Bertz CT molecular complexity index is 1060. The fraction of sp³-hybridized carbons (Fsp3) is 0.400. The van der Waals surface area contributed by atoms with Gasteiger partial charge >= 0.3 is 6.18 Å². The van der Waals surface area contributed by atoms with E-state index in [0.29, 0.717) is 22.1 Å². The zero-order chi connectivity index (χ0) is 20.9. The Labute approximate surface area is 170 Å². The Kier molecular flexibility index (Phi) is 4.94. The highest BCUT2D eigenvalue weighted by Crippen LogP contribution is 2.40. The van der Waals surface area contributed by atoms with Crippen molar-refractivity contribution >= 4 is 22.6 Å². The third-order valence-electron chi connectivity index (χ3n) is 5.42. The molecule has 2 aromatic heterocycles. The minimum atomic E-state index is -4.54. The Balaban J connectivity index is 1.78. The summed E-state index contributed by atoms with van der Waals surface area (Å²) in [4.78, 5) is 2.25. The molecule has 3 aromatic rings. The number of rotatable bonds is 2. The van der Waals surface area contributed by atoms with Crippen molar-refractivity contribution in [2.75, 3.05) is 20.1 Å². The summed E-state index contributed by atoms with van der Waals surface area (Å²) in [7, 11) is 2.07. The highest BCUT2D eigenvalue weighted by atomic mass is 35.5. The highest BCUT2D eigenvalue weighted by molar-refractivity contribution is 6.35. The monoisotopic (exact) mass is 424 g/mol. The molecule has 0 aliphatic carbocycles. The minimum Gasteiger partial charge on any atom is -0.507 e. The Morgan fingerprint density at radius 3 is 2.62 bits per heavy atom. The van der Waals surface area contributed by atoms with Crippen LogP contribution in [0.2, 0.25) is 5.02 Å². The predicted molar refractivity (Wildman–Crippen MR) is 105 cm³/mol. The number of benzene rings is 1. The van der Waals surface area contributed by atoms with Crippen molar-refractivity contribution in [3.05, 3.63) is 40.5 Å². The molecule has 1 N–H and O–H groups in total. The number of alkyl halides is 3. The van der Waals surface area contributed by atoms with E-state index in [2.05, 4.69) is 22.1 Å². The smallest absolute Gasteiger partial charge is 0.416 e. The molecule has 3 heterocycles. The number of aromatic hydroxyl groups is 1. The summed E-state index contributed by atoms with van der Waals surface area (Å²) in [6.45, 7) is 3.43. The summed E-state index contributed by atoms with van der Waals surface area (Å²) in [5.41, 5.74) is 0.477. The van der Waals surface area contributed by atoms with E-state index in [1.807, 2.05) is 10.8 Å². The number of phenols is 1. The van der Waals surface area contributed by atoms with Crippen LogP contribution >= 0.6 is 11.6 Å². The molecule has 1 saturated heterocycles. The van der Waals surface area contributed by atoms with Gasteiger partial charge in [0.2, 0.25) is 0 Å². The van der Waals surface area contributed by atoms with E-state index >= 15 is 0 Å². The van der Waals surface area contributed by atoms with Crippen LogP contribution in [0.1, 0.15) is 30.0 Å². The van der Waals surface area contributed by atoms with Gasteiger partial charge in [0, 0.05) is 29.7 Å². The summed E-state index contributed by atoms with van der Waals surface area (Å²) in [5, 5.41) is 19.9. The first kappa shape index (κ1) is 20.0. The van der Waals surface area contributed by atoms with Crippen molar-refractivity contribution in [2.24, 2.45) is 0 Å². The molecule has 0 bridgehead atoms. The molecule has 5 nitrogen and oxygen atoms in total. The second kappa shape index (κ2) is 7.18. The number of aryl methyl sites for hydroxylation is 1. The number of halogens is 4. The number of phenolic OH excluding ortho intramolecular Hbond substituents is 1. The lowest BCUT2D eigenvalue weighted by atomic mass is 10.00. The van der Waals surface area contributed by atoms with Gasteiger partial charge in [-0.05, 0) is 57.1 Å². The standard InChI is InChI=1S/C20H20ClF3N4O/c1-11-6-12(20(22,23)24)7-17(29)18(11)16-8-14-15(21)10-28(19(14)26-25-16)13-4-3-5-27(2)9-13/h6-8,10,13,29H,3-5,9H2,1-2H3/t13-/m1/s1. The van der Waals surface area contributed by atoms with Crippen LogP contribution in [0.4, 0.5) is 13.2 Å². The zero-order valence-electron chi connectivity index (χ0n) is 16.0. The third-order valence-corrected chi connectivity index (χ3v) is 5.72. The number of hydrogen-bond acceptors (Lipinski definition) is 4. The van der Waals surface area contributed by atoms with Crippen LogP contribution in [-0.4, -0.2) is 44.9 Å². The van der Waals surface area contributed by atoms with E-state index < -0.39 is 17.5 Å². The molecule has 29 heavy (non-hydrogen) atoms. The van der Waals surface area contributed by atoms with E-state index in [1.165, 1.54) is 6.92 Å². The average molecular weight is 425 g/mol. The molecule has 1 atom stereocenters. The Morgan fingerprint density at radius 1 is 1.21 bits per heavy atom. The number of likely N-dealkylation sites (tertiary alicyclic amines) is 1. The molecule has 1 aromatic carbocycles. The number of fused-ring (bicyclic) bond motifs is 1. The van der Waals surface area contributed by atoms with Gasteiger partial charge in [0.15, 0.2) is 5.65 Å². The van der Waals surface area contributed by atoms with Crippen LogP contribution in [0.5, 0.6) is 5.75 Å². The van der Waals surface area contributed by atoms with Gasteiger partial charge in [-0.3, -0.25) is 0 Å². The summed E-state index contributed by atoms with van der Waals surface area (Å²) in [6.07, 6.45) is -0.632. The topological polar surface area (TPSA) is 54.2 Å². The largest absolute Gasteiger partial charge is 0.507 e. The molecule has 0 spiro atoms. The van der Waals surface area contributed by atoms with Gasteiger partial charge in [0.1, 0.15) is 5.75 Å². The van der Waals surface area contributed by atoms with E-state index in [9.17, 15) is 18.3 Å². The van der Waals surface area contributed by atoms with Crippen molar-refractivity contribution in [1.29, 1.82) is 0 Å². The minimum absolute atomic E-state index is 0.216. The number of nitrogens with zero attached hydrogens (tertiary/aromatic N) is 4. The lowest BCUT2D eigenvalue weighted by Crippen LogP contribution is -2.33. The molecular formula is C20H20ClF3N4O. The molecule has 1 aliphatic rings. The number of likely N-dealkylation sites (N-methyl/N-ethyl adjacent to an activating group) is 1. The Hall–Kier alpha value is -2.32. The van der Waals surface area contributed by atoms with Crippen molar-refractivity contribution in [1.82, 2.24) is 19.7 Å². The molecule has 9 heteroatoms. The maximum atomic E-state index is 13.0. The number of hydrogen-bond donors (Lipinski definition) is 1. The van der Waals surface area contributed by atoms with Crippen LogP contribution < -0.4 is 0 Å². The summed E-state index contributed by atoms with van der Waals surface area (Å²) in [5.74, 6) is -0.490. The molecule has 1 fully saturated rings. The molecule has 0 saturated carbocycles. The highest BCUT2D eigenvalue weighted by Gasteiger charge is 2.32. The van der Waals surface area contributed by atoms with Crippen LogP contribution in [0.25, 0.3) is 22.3 Å². The summed E-state index contributed by atoms with van der Waals surface area (Å²) >= 11 is 6.44. The van der Waals surface area contributed by atoms with Crippen molar-refractivity contribution < 1.29 is 18.3 Å². The molecule has 0 unspecified atom stereocenters. The van der Waals surface area contributed by atoms with E-state index in [1.54, 1.807) is 6.07 Å². The third kappa shape index (κ3) is 3.67. The summed E-state index contributed by atoms with van der Waals surface area (Å²) in [6, 6.07) is 3.60. The Morgan fingerprint density at radius 2 is 1.97 bits per heavy atom. The fourth-order valence-corrected chi connectivity index (χ4v) is 4.28. The summed E-state index contributed by atoms with van der Waals surface area (Å²) < 4.78 is 41.0. The SMILES string of the molecule is Cc1cc(C(F)(F)F)cc(O)c1-c1cc2c(Cl)cn([C@@H]3CCCN(C)C3)c2nn1. The van der Waals surface area contributed by atoms with Crippen LogP contribution in [0, 0.1) is 6.92 Å². The maximum Gasteiger partial charge on any atom is 0.416 e. The molecule has 154 valence electrons. The van der Waals surface area contributed by atoms with E-state index in [4.69, 9.17) is 11.6 Å². The average Bonchev–Trinajstić information content (AvgIpc) is 2.97. The van der Waals surface area contributed by atoms with E-state index in [-0.39, 0.29) is 22.9 Å². The first-order valence-corrected chi connectivity index (χ1v) is 9.66. The molecular weight excluding hydrogens is 405 g/mol. The second-order valence-electron chi connectivity index (χ2n) is 7.59. The van der Waals surface area contributed by atoms with Crippen molar-refractivity contribution in [2.45, 2.75) is 32.0 Å². The van der Waals surface area contributed by atoms with Gasteiger partial charge in [0.25, 0.3) is 0 Å². The quantitative estimate of drug-likeness (QED) is 0.625. The second-order valence-corrected chi connectivity index (χ2v) is 8.00. The van der Waals surface area contributed by atoms with Gasteiger partial charge in [-0.25, -0.2) is 0 Å². The number of aromatic nitrogens is 3. The molecule has 0 amide bonds. The molecule has 0 radical (unpaired) electrons. The van der Waals surface area contributed by atoms with Crippen LogP contribution in [-0.2, 0) is 6.18 Å². The molecule has 1 aliphatic heterocycles. The normalized spacial score (nSPS) is 18.5. The van der Waals surface area contributed by atoms with Crippen LogP contribution in [0.15, 0.2) is 24.4 Å². The lowest BCUT2D eigenvalue weighted by Gasteiger charge is -2.30. The predicted octanol–water partition coefficient (Wildman–Crippen LogP) is 5.05. The zero-order valence-corrected chi connectivity index (χ0v) is 16.7. The van der Waals surface area contributed by atoms with Gasteiger partial charge in [-0.15, -0.1) is 10.2 Å². The first-order chi connectivity index (χ1) is 13.6. The maximum absolute atomic E-state index is 13.0. The van der Waals surface area contributed by atoms with Gasteiger partial charge in [0.05, 0.1) is 16.3 Å². The first-order valence-electron chi connectivity index (χ1n) is 9.28. The van der Waals surface area contributed by atoms with E-state index in [0.717, 1.165) is 32.0 Å². The number of piperidine rings is 1.